The molecule has 0 aliphatic rings. The molecule has 0 aliphatic heterocycles. The Morgan fingerprint density at radius 3 is 2.18 bits per heavy atom. The first kappa shape index (κ1) is 11.9. The van der Waals surface area contributed by atoms with Gasteiger partial charge in [0.05, 0.1) is 0 Å². The van der Waals surface area contributed by atoms with Crippen molar-refractivity contribution in [3.63, 3.8) is 0 Å². The molecular formula is C17H20. The molecule has 0 saturated heterocycles. The van der Waals surface area contributed by atoms with E-state index in [4.69, 9.17) is 0 Å². The molecule has 0 unspecified atom stereocenters. The topological polar surface area (TPSA) is 0 Å². The summed E-state index contributed by atoms with van der Waals surface area (Å²) in [4.78, 5) is 0. The first-order valence-corrected chi connectivity index (χ1v) is 6.26. The zero-order valence-corrected chi connectivity index (χ0v) is 11.1. The molecule has 0 aromatic heterocycles. The van der Waals surface area contributed by atoms with Gasteiger partial charge in [-0.05, 0) is 47.6 Å². The first-order chi connectivity index (χ1) is 8.09. The lowest BCUT2D eigenvalue weighted by atomic mass is 9.92. The van der Waals surface area contributed by atoms with E-state index in [1.807, 2.05) is 0 Å². The van der Waals surface area contributed by atoms with Crippen molar-refractivity contribution < 1.29 is 0 Å². The molecule has 0 radical (unpaired) electrons. The highest BCUT2D eigenvalue weighted by molar-refractivity contribution is 5.68. The molecule has 0 amide bonds. The van der Waals surface area contributed by atoms with Crippen molar-refractivity contribution >= 4 is 0 Å². The highest BCUT2D eigenvalue weighted by Gasteiger charge is 2.07. The van der Waals surface area contributed by atoms with E-state index in [0.29, 0.717) is 5.92 Å². The average Bonchev–Trinajstić information content (AvgIpc) is 2.30. The third-order valence-corrected chi connectivity index (χ3v) is 3.36. The molecule has 0 spiro atoms. The Balaban J connectivity index is 2.54. The molecule has 0 bridgehead atoms. The van der Waals surface area contributed by atoms with Crippen LogP contribution < -0.4 is 0 Å². The molecule has 2 rings (SSSR count). The van der Waals surface area contributed by atoms with Crippen LogP contribution in [-0.4, -0.2) is 0 Å². The van der Waals surface area contributed by atoms with Crippen molar-refractivity contribution in [1.82, 2.24) is 0 Å². The fourth-order valence-corrected chi connectivity index (χ4v) is 2.33. The maximum atomic E-state index is 2.34. The van der Waals surface area contributed by atoms with Gasteiger partial charge in [-0.2, -0.15) is 0 Å². The van der Waals surface area contributed by atoms with Crippen LogP contribution >= 0.6 is 0 Å². The van der Waals surface area contributed by atoms with Crippen molar-refractivity contribution in [2.24, 2.45) is 0 Å². The Hall–Kier alpha value is -1.56. The largest absolute Gasteiger partial charge is 0.0620 e. The molecule has 0 fully saturated rings. The standard InChI is InChI=1S/C17H20/c1-12(2)17-11-15(10-9-14(17)4)16-8-6-5-7-13(16)3/h5-12H,1-4H3. The third kappa shape index (κ3) is 2.41. The number of hydrogen-bond acceptors (Lipinski definition) is 0. The number of benzene rings is 2. The predicted molar refractivity (Wildman–Crippen MR) is 75.4 cm³/mol. The van der Waals surface area contributed by atoms with Crippen LogP contribution in [-0.2, 0) is 0 Å². The second-order valence-electron chi connectivity index (χ2n) is 5.04. The van der Waals surface area contributed by atoms with Crippen LogP contribution in [0.5, 0.6) is 0 Å². The van der Waals surface area contributed by atoms with E-state index in [0.717, 1.165) is 0 Å². The SMILES string of the molecule is Cc1ccccc1-c1ccc(C)c(C(C)C)c1. The third-order valence-electron chi connectivity index (χ3n) is 3.36. The summed E-state index contributed by atoms with van der Waals surface area (Å²) in [6, 6.07) is 15.4. The summed E-state index contributed by atoms with van der Waals surface area (Å²) in [7, 11) is 0. The number of aryl methyl sites for hydroxylation is 2. The zero-order chi connectivity index (χ0) is 12.4. The van der Waals surface area contributed by atoms with E-state index in [-0.39, 0.29) is 0 Å². The molecular weight excluding hydrogens is 204 g/mol. The second-order valence-corrected chi connectivity index (χ2v) is 5.04. The predicted octanol–water partition coefficient (Wildman–Crippen LogP) is 5.09. The molecule has 0 heterocycles. The van der Waals surface area contributed by atoms with Gasteiger partial charge in [-0.1, -0.05) is 56.3 Å². The fourth-order valence-electron chi connectivity index (χ4n) is 2.33. The molecule has 0 N–H and O–H groups in total. The van der Waals surface area contributed by atoms with Gasteiger partial charge in [0.2, 0.25) is 0 Å². The Labute approximate surface area is 104 Å². The smallest absolute Gasteiger partial charge is 0.0155 e. The number of rotatable bonds is 2. The van der Waals surface area contributed by atoms with Crippen molar-refractivity contribution in [3.05, 3.63) is 59.2 Å². The molecule has 2 aromatic rings. The van der Waals surface area contributed by atoms with Gasteiger partial charge in [0, 0.05) is 0 Å². The second kappa shape index (κ2) is 4.75. The van der Waals surface area contributed by atoms with E-state index in [2.05, 4.69) is 70.2 Å². The summed E-state index contributed by atoms with van der Waals surface area (Å²) in [6.07, 6.45) is 0. The molecule has 88 valence electrons. The van der Waals surface area contributed by atoms with Gasteiger partial charge in [0.1, 0.15) is 0 Å². The van der Waals surface area contributed by atoms with Crippen molar-refractivity contribution in [2.45, 2.75) is 33.6 Å². The zero-order valence-electron chi connectivity index (χ0n) is 11.1. The van der Waals surface area contributed by atoms with E-state index in [1.165, 1.54) is 27.8 Å². The monoisotopic (exact) mass is 224 g/mol. The van der Waals surface area contributed by atoms with Gasteiger partial charge in [-0.15, -0.1) is 0 Å². The van der Waals surface area contributed by atoms with Crippen LogP contribution in [0.25, 0.3) is 11.1 Å². The summed E-state index contributed by atoms with van der Waals surface area (Å²) < 4.78 is 0. The normalized spacial score (nSPS) is 10.9. The van der Waals surface area contributed by atoms with Crippen molar-refractivity contribution in [2.75, 3.05) is 0 Å². The quantitative estimate of drug-likeness (QED) is 0.666. The van der Waals surface area contributed by atoms with Crippen LogP contribution in [0.1, 0.15) is 36.5 Å². The van der Waals surface area contributed by atoms with Gasteiger partial charge in [-0.25, -0.2) is 0 Å². The molecule has 17 heavy (non-hydrogen) atoms. The van der Waals surface area contributed by atoms with Crippen LogP contribution in [0.4, 0.5) is 0 Å². The number of hydrogen-bond donors (Lipinski definition) is 0. The molecule has 0 nitrogen and oxygen atoms in total. The highest BCUT2D eigenvalue weighted by Crippen LogP contribution is 2.28. The Bertz CT molecular complexity index is 521. The van der Waals surface area contributed by atoms with E-state index in [1.54, 1.807) is 0 Å². The summed E-state index contributed by atoms with van der Waals surface area (Å²) in [5.74, 6) is 0.582. The van der Waals surface area contributed by atoms with Gasteiger partial charge < -0.3 is 0 Å². The first-order valence-electron chi connectivity index (χ1n) is 6.26. The van der Waals surface area contributed by atoms with Crippen LogP contribution in [0.3, 0.4) is 0 Å². The van der Waals surface area contributed by atoms with Crippen LogP contribution in [0.15, 0.2) is 42.5 Å². The van der Waals surface area contributed by atoms with Crippen molar-refractivity contribution in [1.29, 1.82) is 0 Å². The summed E-state index contributed by atoms with van der Waals surface area (Å²) in [5, 5.41) is 0. The fraction of sp³-hybridized carbons (Fsp3) is 0.294. The molecule has 0 atom stereocenters. The summed E-state index contributed by atoms with van der Waals surface area (Å²) in [5.41, 5.74) is 6.85. The van der Waals surface area contributed by atoms with Crippen LogP contribution in [0.2, 0.25) is 0 Å². The van der Waals surface area contributed by atoms with Gasteiger partial charge in [0.25, 0.3) is 0 Å². The van der Waals surface area contributed by atoms with Gasteiger partial charge in [-0.3, -0.25) is 0 Å². The molecule has 2 aromatic carbocycles. The maximum absolute atomic E-state index is 2.34. The van der Waals surface area contributed by atoms with Gasteiger partial charge in [0.15, 0.2) is 0 Å². The van der Waals surface area contributed by atoms with Gasteiger partial charge >= 0.3 is 0 Å². The molecule has 0 heteroatoms. The summed E-state index contributed by atoms with van der Waals surface area (Å²) >= 11 is 0. The minimum Gasteiger partial charge on any atom is -0.0620 e. The van der Waals surface area contributed by atoms with E-state index in [9.17, 15) is 0 Å². The van der Waals surface area contributed by atoms with Crippen LogP contribution in [0, 0.1) is 13.8 Å². The minimum absolute atomic E-state index is 0.582. The Morgan fingerprint density at radius 1 is 0.824 bits per heavy atom. The average molecular weight is 224 g/mol. The molecule has 0 aliphatic carbocycles. The Morgan fingerprint density at radius 2 is 1.53 bits per heavy atom. The minimum atomic E-state index is 0.582. The maximum Gasteiger partial charge on any atom is -0.0155 e. The lowest BCUT2D eigenvalue weighted by Crippen LogP contribution is -1.93. The van der Waals surface area contributed by atoms with E-state index < -0.39 is 0 Å². The lowest BCUT2D eigenvalue weighted by Gasteiger charge is -2.13. The summed E-state index contributed by atoms with van der Waals surface area (Å²) in [6.45, 7) is 8.87. The van der Waals surface area contributed by atoms with Crippen molar-refractivity contribution in [3.8, 4) is 11.1 Å². The molecule has 0 saturated carbocycles. The Kier molecular flexibility index (Phi) is 3.33. The van der Waals surface area contributed by atoms with E-state index >= 15 is 0 Å². The highest BCUT2D eigenvalue weighted by atomic mass is 14.1. The lowest BCUT2D eigenvalue weighted by molar-refractivity contribution is 0.857.